The molecule has 1 aromatic rings. The Balaban J connectivity index is 1.96. The summed E-state index contributed by atoms with van der Waals surface area (Å²) in [5.41, 5.74) is 0.682. The lowest BCUT2D eigenvalue weighted by Gasteiger charge is -2.20. The highest BCUT2D eigenvalue weighted by atomic mass is 16.2. The van der Waals surface area contributed by atoms with Crippen LogP contribution in [0.5, 0.6) is 0 Å². The molecule has 1 aromatic carbocycles. The van der Waals surface area contributed by atoms with E-state index in [4.69, 9.17) is 0 Å². The van der Waals surface area contributed by atoms with Gasteiger partial charge in [0.2, 0.25) is 0 Å². The molecule has 0 spiro atoms. The quantitative estimate of drug-likeness (QED) is 0.863. The maximum atomic E-state index is 12.1. The van der Waals surface area contributed by atoms with Crippen molar-refractivity contribution in [1.29, 1.82) is 0 Å². The maximum absolute atomic E-state index is 12.1. The van der Waals surface area contributed by atoms with Gasteiger partial charge < -0.3 is 5.32 Å². The third-order valence-electron chi connectivity index (χ3n) is 3.50. The van der Waals surface area contributed by atoms with Crippen molar-refractivity contribution < 1.29 is 4.79 Å². The zero-order valence-corrected chi connectivity index (χ0v) is 12.4. The average Bonchev–Trinajstić information content (AvgIpc) is 2.71. The Hall–Kier alpha value is -1.84. The van der Waals surface area contributed by atoms with Crippen molar-refractivity contribution in [1.82, 2.24) is 10.6 Å². The van der Waals surface area contributed by atoms with Crippen LogP contribution in [-0.4, -0.2) is 24.0 Å². The van der Waals surface area contributed by atoms with Crippen molar-refractivity contribution in [2.75, 3.05) is 6.54 Å². The van der Waals surface area contributed by atoms with Crippen molar-refractivity contribution in [3.63, 3.8) is 0 Å². The number of benzene rings is 1. The highest BCUT2D eigenvalue weighted by Gasteiger charge is 2.40. The predicted octanol–water partition coefficient (Wildman–Crippen LogP) is 2.11. The number of nitrogens with zero attached hydrogens (tertiary/aromatic N) is 1. The Labute approximate surface area is 120 Å². The summed E-state index contributed by atoms with van der Waals surface area (Å²) in [5, 5.41) is 6.07. The second kappa shape index (κ2) is 6.07. The van der Waals surface area contributed by atoms with Crippen LogP contribution in [0.15, 0.2) is 35.3 Å². The first kappa shape index (κ1) is 14.6. The zero-order chi connectivity index (χ0) is 14.6. The normalized spacial score (nSPS) is 24.0. The van der Waals surface area contributed by atoms with Crippen LogP contribution in [0.3, 0.4) is 0 Å². The van der Waals surface area contributed by atoms with E-state index in [0.29, 0.717) is 11.9 Å². The number of aryl methyl sites for hydroxylation is 1. The summed E-state index contributed by atoms with van der Waals surface area (Å²) >= 11 is 0. The molecular weight excluding hydrogens is 250 g/mol. The molecule has 4 nitrogen and oxygen atoms in total. The summed E-state index contributed by atoms with van der Waals surface area (Å²) in [7, 11) is 0. The van der Waals surface area contributed by atoms with E-state index < -0.39 is 5.54 Å². The summed E-state index contributed by atoms with van der Waals surface area (Å²) < 4.78 is 0. The molecule has 0 bridgehead atoms. The molecule has 1 fully saturated rings. The Morgan fingerprint density at radius 3 is 2.60 bits per heavy atom. The molecule has 108 valence electrons. The minimum absolute atomic E-state index is 0.0101. The highest BCUT2D eigenvalue weighted by Crippen LogP contribution is 2.18. The summed E-state index contributed by atoms with van der Waals surface area (Å²) in [6.45, 7) is 6.87. The third kappa shape index (κ3) is 3.59. The molecule has 1 unspecified atom stereocenters. The van der Waals surface area contributed by atoms with Crippen molar-refractivity contribution in [3.05, 3.63) is 35.9 Å². The monoisotopic (exact) mass is 273 g/mol. The second-order valence-electron chi connectivity index (χ2n) is 5.98. The third-order valence-corrected chi connectivity index (χ3v) is 3.50. The number of aliphatic imine (C=N–C) groups is 1. The van der Waals surface area contributed by atoms with E-state index in [1.54, 1.807) is 0 Å². The molecule has 1 aliphatic heterocycles. The largest absolute Gasteiger partial charge is 0.342 e. The van der Waals surface area contributed by atoms with Gasteiger partial charge in [0.25, 0.3) is 5.91 Å². The van der Waals surface area contributed by atoms with Gasteiger partial charge >= 0.3 is 0 Å². The molecular formula is C16H23N3O. The van der Waals surface area contributed by atoms with Crippen LogP contribution < -0.4 is 10.6 Å². The number of hydrogen-bond donors (Lipinski definition) is 2. The Bertz CT molecular complexity index is 496. The molecule has 1 saturated heterocycles. The van der Waals surface area contributed by atoms with Crippen LogP contribution in [0.4, 0.5) is 0 Å². The summed E-state index contributed by atoms with van der Waals surface area (Å²) in [4.78, 5) is 16.5. The standard InChI is InChI=1S/C16H23N3O/c1-12(2)11-17-15-18-14(20)16(3,19-15)10-9-13-7-5-4-6-8-13/h4-8,12H,9-11H2,1-3H3,(H2,17,18,19,20). The highest BCUT2D eigenvalue weighted by molar-refractivity contribution is 6.08. The van der Waals surface area contributed by atoms with E-state index in [2.05, 4.69) is 41.6 Å². The van der Waals surface area contributed by atoms with E-state index in [0.717, 1.165) is 19.4 Å². The fourth-order valence-electron chi connectivity index (χ4n) is 2.16. The van der Waals surface area contributed by atoms with Gasteiger partial charge in [0.05, 0.1) is 0 Å². The van der Waals surface area contributed by atoms with E-state index in [1.165, 1.54) is 5.56 Å². The molecule has 1 amide bonds. The molecule has 4 heteroatoms. The van der Waals surface area contributed by atoms with Crippen LogP contribution in [0.25, 0.3) is 0 Å². The van der Waals surface area contributed by atoms with Gasteiger partial charge in [0.1, 0.15) is 5.54 Å². The van der Waals surface area contributed by atoms with Crippen molar-refractivity contribution in [2.24, 2.45) is 10.9 Å². The lowest BCUT2D eigenvalue weighted by atomic mass is 9.93. The molecule has 1 heterocycles. The maximum Gasteiger partial charge on any atom is 0.252 e. The van der Waals surface area contributed by atoms with E-state index in [9.17, 15) is 4.79 Å². The van der Waals surface area contributed by atoms with Crippen LogP contribution in [0.2, 0.25) is 0 Å². The number of rotatable bonds is 5. The van der Waals surface area contributed by atoms with Crippen LogP contribution in [0.1, 0.15) is 32.8 Å². The first-order chi connectivity index (χ1) is 9.49. The lowest BCUT2D eigenvalue weighted by Crippen LogP contribution is -2.44. The Morgan fingerprint density at radius 1 is 1.25 bits per heavy atom. The number of carbonyl (C=O) groups excluding carboxylic acids is 1. The molecule has 2 N–H and O–H groups in total. The molecule has 2 rings (SSSR count). The van der Waals surface area contributed by atoms with Gasteiger partial charge in [-0.1, -0.05) is 44.2 Å². The average molecular weight is 273 g/mol. The second-order valence-corrected chi connectivity index (χ2v) is 5.98. The Kier molecular flexibility index (Phi) is 4.42. The van der Waals surface area contributed by atoms with Crippen LogP contribution >= 0.6 is 0 Å². The minimum Gasteiger partial charge on any atom is -0.342 e. The summed E-state index contributed by atoms with van der Waals surface area (Å²) in [6, 6.07) is 10.2. The summed E-state index contributed by atoms with van der Waals surface area (Å²) in [5.74, 6) is 1.10. The van der Waals surface area contributed by atoms with Gasteiger partial charge in [-0.3, -0.25) is 15.1 Å². The lowest BCUT2D eigenvalue weighted by molar-refractivity contribution is -0.123. The molecule has 0 radical (unpaired) electrons. The molecule has 0 aliphatic carbocycles. The molecule has 20 heavy (non-hydrogen) atoms. The van der Waals surface area contributed by atoms with Crippen LogP contribution in [0, 0.1) is 5.92 Å². The van der Waals surface area contributed by atoms with Crippen molar-refractivity contribution in [3.8, 4) is 0 Å². The van der Waals surface area contributed by atoms with Crippen molar-refractivity contribution in [2.45, 2.75) is 39.2 Å². The predicted molar refractivity (Wildman–Crippen MR) is 81.6 cm³/mol. The fourth-order valence-corrected chi connectivity index (χ4v) is 2.16. The van der Waals surface area contributed by atoms with Gasteiger partial charge in [-0.25, -0.2) is 0 Å². The van der Waals surface area contributed by atoms with Gasteiger partial charge in [-0.05, 0) is 31.2 Å². The van der Waals surface area contributed by atoms with Crippen LogP contribution in [-0.2, 0) is 11.2 Å². The molecule has 1 aliphatic rings. The molecule has 0 saturated carbocycles. The topological polar surface area (TPSA) is 53.5 Å². The summed E-state index contributed by atoms with van der Waals surface area (Å²) in [6.07, 6.45) is 1.62. The smallest absolute Gasteiger partial charge is 0.252 e. The van der Waals surface area contributed by atoms with Gasteiger partial charge in [0.15, 0.2) is 5.96 Å². The number of amides is 1. The van der Waals surface area contributed by atoms with E-state index in [-0.39, 0.29) is 5.91 Å². The number of hydrogen-bond acceptors (Lipinski definition) is 2. The fraction of sp³-hybridized carbons (Fsp3) is 0.500. The molecule has 0 aromatic heterocycles. The van der Waals surface area contributed by atoms with Gasteiger partial charge in [-0.2, -0.15) is 0 Å². The first-order valence-corrected chi connectivity index (χ1v) is 7.17. The van der Waals surface area contributed by atoms with E-state index in [1.807, 2.05) is 25.1 Å². The van der Waals surface area contributed by atoms with Crippen molar-refractivity contribution >= 4 is 11.9 Å². The van der Waals surface area contributed by atoms with Gasteiger partial charge in [0, 0.05) is 6.54 Å². The number of carbonyl (C=O) groups is 1. The van der Waals surface area contributed by atoms with Gasteiger partial charge in [-0.15, -0.1) is 0 Å². The number of nitrogens with one attached hydrogen (secondary N) is 2. The number of guanidine groups is 1. The Morgan fingerprint density at radius 2 is 1.95 bits per heavy atom. The SMILES string of the molecule is CC(C)CN=C1NC(=O)C(C)(CCc2ccccc2)N1. The zero-order valence-electron chi connectivity index (χ0n) is 12.4. The minimum atomic E-state index is -0.564. The molecule has 1 atom stereocenters. The first-order valence-electron chi connectivity index (χ1n) is 7.17. The van der Waals surface area contributed by atoms with E-state index >= 15 is 0 Å².